The fourth-order valence-electron chi connectivity index (χ4n) is 2.27. The van der Waals surface area contributed by atoms with Crippen LogP contribution in [0.5, 0.6) is 0 Å². The first-order chi connectivity index (χ1) is 12.7. The first-order valence-electron chi connectivity index (χ1n) is 7.60. The van der Waals surface area contributed by atoms with Gasteiger partial charge in [-0.25, -0.2) is 4.98 Å². The van der Waals surface area contributed by atoms with Crippen molar-refractivity contribution < 1.29 is 8.83 Å². The van der Waals surface area contributed by atoms with E-state index in [4.69, 9.17) is 32.0 Å². The normalized spacial score (nSPS) is 11.0. The third-order valence-electron chi connectivity index (χ3n) is 3.44. The minimum atomic E-state index is 0.426. The van der Waals surface area contributed by atoms with Crippen molar-refractivity contribution in [3.8, 4) is 22.9 Å². The number of nitrogens with zero attached hydrogens (tertiary/aromatic N) is 3. The molecule has 2 heterocycles. The first kappa shape index (κ1) is 17.1. The van der Waals surface area contributed by atoms with Crippen molar-refractivity contribution in [3.63, 3.8) is 0 Å². The van der Waals surface area contributed by atoms with E-state index >= 15 is 0 Å². The average Bonchev–Trinajstić information content (AvgIpc) is 3.30. The van der Waals surface area contributed by atoms with Crippen molar-refractivity contribution in [2.45, 2.75) is 11.0 Å². The second kappa shape index (κ2) is 7.53. The Morgan fingerprint density at radius 2 is 1.58 bits per heavy atom. The third kappa shape index (κ3) is 3.93. The summed E-state index contributed by atoms with van der Waals surface area (Å²) in [5, 5.41) is 9.79. The zero-order chi connectivity index (χ0) is 17.9. The zero-order valence-corrected chi connectivity index (χ0v) is 15.6. The Hall–Kier alpha value is -2.28. The van der Waals surface area contributed by atoms with Gasteiger partial charge in [0, 0.05) is 26.9 Å². The van der Waals surface area contributed by atoms with Crippen LogP contribution >= 0.6 is 35.0 Å². The van der Waals surface area contributed by atoms with Gasteiger partial charge in [0.05, 0.1) is 5.69 Å². The lowest BCUT2D eigenvalue weighted by atomic mass is 10.2. The highest BCUT2D eigenvalue weighted by atomic mass is 35.5. The number of hydrogen-bond acceptors (Lipinski definition) is 6. The molecule has 0 amide bonds. The fourth-order valence-corrected chi connectivity index (χ4v) is 3.29. The molecule has 130 valence electrons. The van der Waals surface area contributed by atoms with Crippen LogP contribution in [0.15, 0.2) is 68.9 Å². The molecule has 0 aliphatic carbocycles. The topological polar surface area (TPSA) is 65.0 Å². The van der Waals surface area contributed by atoms with Crippen LogP contribution < -0.4 is 0 Å². The summed E-state index contributed by atoms with van der Waals surface area (Å²) in [5.41, 5.74) is 2.38. The number of benzene rings is 2. The number of thioether (sulfide) groups is 1. The van der Waals surface area contributed by atoms with Gasteiger partial charge < -0.3 is 8.83 Å². The quantitative estimate of drug-likeness (QED) is 0.381. The molecule has 0 aliphatic rings. The lowest BCUT2D eigenvalue weighted by molar-refractivity contribution is 0.466. The Balaban J connectivity index is 1.44. The fraction of sp³-hybridized carbons (Fsp3) is 0.0556. The van der Waals surface area contributed by atoms with Crippen molar-refractivity contribution in [2.24, 2.45) is 0 Å². The van der Waals surface area contributed by atoms with Crippen molar-refractivity contribution in [1.29, 1.82) is 0 Å². The van der Waals surface area contributed by atoms with Crippen LogP contribution in [-0.4, -0.2) is 15.2 Å². The molecule has 0 atom stereocenters. The summed E-state index contributed by atoms with van der Waals surface area (Å²) in [6.45, 7) is 0. The molecule has 0 spiro atoms. The second-order valence-electron chi connectivity index (χ2n) is 5.33. The molecule has 0 unspecified atom stereocenters. The van der Waals surface area contributed by atoms with E-state index in [0.29, 0.717) is 32.8 Å². The van der Waals surface area contributed by atoms with Gasteiger partial charge in [0.25, 0.3) is 5.22 Å². The molecule has 0 saturated heterocycles. The van der Waals surface area contributed by atoms with Gasteiger partial charge >= 0.3 is 0 Å². The van der Waals surface area contributed by atoms with Crippen LogP contribution in [0.1, 0.15) is 5.69 Å². The monoisotopic (exact) mass is 403 g/mol. The highest BCUT2D eigenvalue weighted by Crippen LogP contribution is 2.28. The summed E-state index contributed by atoms with van der Waals surface area (Å²) in [5.74, 6) is 1.49. The summed E-state index contributed by atoms with van der Waals surface area (Å²) < 4.78 is 11.2. The van der Waals surface area contributed by atoms with Crippen LogP contribution in [0.25, 0.3) is 22.9 Å². The highest BCUT2D eigenvalue weighted by molar-refractivity contribution is 7.98. The van der Waals surface area contributed by atoms with Gasteiger partial charge in [0.2, 0.25) is 11.8 Å². The minimum Gasteiger partial charge on any atom is -0.444 e. The van der Waals surface area contributed by atoms with Crippen LogP contribution in [0.3, 0.4) is 0 Å². The molecule has 26 heavy (non-hydrogen) atoms. The van der Waals surface area contributed by atoms with E-state index in [1.807, 2.05) is 24.3 Å². The molecule has 2 aromatic carbocycles. The molecule has 0 fully saturated rings. The Labute approximate surface area is 163 Å². The number of rotatable bonds is 5. The van der Waals surface area contributed by atoms with Crippen molar-refractivity contribution in [2.75, 3.05) is 0 Å². The number of oxazole rings is 1. The molecule has 0 bridgehead atoms. The van der Waals surface area contributed by atoms with Crippen LogP contribution in [0.2, 0.25) is 10.0 Å². The molecule has 8 heteroatoms. The molecule has 0 radical (unpaired) electrons. The van der Waals surface area contributed by atoms with Crippen LogP contribution in [0, 0.1) is 0 Å². The summed E-state index contributed by atoms with van der Waals surface area (Å²) >= 11 is 13.4. The molecule has 0 saturated carbocycles. The number of aromatic nitrogens is 3. The van der Waals surface area contributed by atoms with E-state index in [-0.39, 0.29) is 0 Å². The van der Waals surface area contributed by atoms with Gasteiger partial charge in [-0.2, -0.15) is 0 Å². The Morgan fingerprint density at radius 1 is 0.885 bits per heavy atom. The maximum absolute atomic E-state index is 6.00. The van der Waals surface area contributed by atoms with E-state index in [0.717, 1.165) is 16.8 Å². The molecule has 2 aromatic heterocycles. The van der Waals surface area contributed by atoms with Crippen LogP contribution in [-0.2, 0) is 5.75 Å². The van der Waals surface area contributed by atoms with Crippen molar-refractivity contribution in [1.82, 2.24) is 15.2 Å². The third-order valence-corrected chi connectivity index (χ3v) is 4.77. The van der Waals surface area contributed by atoms with Gasteiger partial charge in [0.15, 0.2) is 0 Å². The molecule has 0 N–H and O–H groups in total. The van der Waals surface area contributed by atoms with Gasteiger partial charge in [-0.1, -0.05) is 47.1 Å². The molecule has 4 rings (SSSR count). The maximum Gasteiger partial charge on any atom is 0.277 e. The second-order valence-corrected chi connectivity index (χ2v) is 7.13. The van der Waals surface area contributed by atoms with Gasteiger partial charge in [-0.3, -0.25) is 0 Å². The zero-order valence-electron chi connectivity index (χ0n) is 13.2. The largest absolute Gasteiger partial charge is 0.444 e. The molecule has 0 aliphatic heterocycles. The van der Waals surface area contributed by atoms with Gasteiger partial charge in [-0.05, 0) is 36.4 Å². The SMILES string of the molecule is Clc1cccc(-c2nc(CSc3nnc(-c4cccc(Cl)c4)o3)co2)c1. The van der Waals surface area contributed by atoms with Gasteiger partial charge in [0.1, 0.15) is 6.26 Å². The maximum atomic E-state index is 6.00. The number of halogens is 2. The molecule has 5 nitrogen and oxygen atoms in total. The van der Waals surface area contributed by atoms with E-state index < -0.39 is 0 Å². The predicted octanol–water partition coefficient (Wildman–Crippen LogP) is 5.99. The Bertz CT molecular complexity index is 964. The lowest BCUT2D eigenvalue weighted by Gasteiger charge is -1.95. The van der Waals surface area contributed by atoms with Gasteiger partial charge in [-0.15, -0.1) is 10.2 Å². The van der Waals surface area contributed by atoms with E-state index in [1.165, 1.54) is 11.8 Å². The lowest BCUT2D eigenvalue weighted by Crippen LogP contribution is -1.82. The predicted molar refractivity (Wildman–Crippen MR) is 101 cm³/mol. The minimum absolute atomic E-state index is 0.426. The molecular formula is C18H11Cl2N3O2S. The summed E-state index contributed by atoms with van der Waals surface area (Å²) in [7, 11) is 0. The Morgan fingerprint density at radius 3 is 2.27 bits per heavy atom. The molecule has 4 aromatic rings. The van der Waals surface area contributed by atoms with Crippen molar-refractivity contribution in [3.05, 3.63) is 70.5 Å². The van der Waals surface area contributed by atoms with Crippen molar-refractivity contribution >= 4 is 35.0 Å². The smallest absolute Gasteiger partial charge is 0.277 e. The van der Waals surface area contributed by atoms with E-state index in [9.17, 15) is 0 Å². The van der Waals surface area contributed by atoms with E-state index in [1.54, 1.807) is 30.5 Å². The van der Waals surface area contributed by atoms with E-state index in [2.05, 4.69) is 15.2 Å². The standard InChI is InChI=1S/C18H11Cl2N3O2S/c19-13-5-1-3-11(7-13)16-21-15(9-24-16)10-26-18-23-22-17(25-18)12-4-2-6-14(20)8-12/h1-9H,10H2. The summed E-state index contributed by atoms with van der Waals surface area (Å²) in [4.78, 5) is 4.46. The average molecular weight is 404 g/mol. The number of hydrogen-bond donors (Lipinski definition) is 0. The highest BCUT2D eigenvalue weighted by Gasteiger charge is 2.12. The first-order valence-corrected chi connectivity index (χ1v) is 9.34. The summed E-state index contributed by atoms with van der Waals surface area (Å²) in [6, 6.07) is 14.6. The summed E-state index contributed by atoms with van der Waals surface area (Å²) in [6.07, 6.45) is 1.61. The molecular weight excluding hydrogens is 393 g/mol. The Kier molecular flexibility index (Phi) is 4.97. The van der Waals surface area contributed by atoms with Crippen LogP contribution in [0.4, 0.5) is 0 Å².